The number of aryl methyl sites for hydroxylation is 1. The fourth-order valence-corrected chi connectivity index (χ4v) is 1.42. The molecule has 0 aliphatic rings. The van der Waals surface area contributed by atoms with Gasteiger partial charge in [-0.3, -0.25) is 4.79 Å². The fraction of sp³-hybridized carbons (Fsp3) is 0.333. The Morgan fingerprint density at radius 2 is 2.31 bits per heavy atom. The van der Waals surface area contributed by atoms with Gasteiger partial charge in [0.1, 0.15) is 5.15 Å². The smallest absolute Gasteiger partial charge is 0.305 e. The van der Waals surface area contributed by atoms with Crippen LogP contribution in [0.1, 0.15) is 12.2 Å². The van der Waals surface area contributed by atoms with Crippen molar-refractivity contribution in [1.82, 2.24) is 19.8 Å². The number of methoxy groups -OCH3 is 1. The van der Waals surface area contributed by atoms with Crippen LogP contribution in [-0.2, 0) is 16.0 Å². The molecule has 16 heavy (non-hydrogen) atoms. The Kier molecular flexibility index (Phi) is 3.00. The topological polar surface area (TPSA) is 69.4 Å². The number of fused-ring (bicyclic) bond motifs is 1. The lowest BCUT2D eigenvalue weighted by molar-refractivity contribution is -0.140. The van der Waals surface area contributed by atoms with Crippen LogP contribution in [0.15, 0.2) is 12.1 Å². The molecule has 2 aromatic heterocycles. The predicted octanol–water partition coefficient (Wildman–Crippen LogP) is 0.883. The number of ether oxygens (including phenoxy) is 1. The van der Waals surface area contributed by atoms with E-state index in [0.29, 0.717) is 23.0 Å². The lowest BCUT2D eigenvalue weighted by atomic mass is 10.3. The molecule has 6 nitrogen and oxygen atoms in total. The summed E-state index contributed by atoms with van der Waals surface area (Å²) in [4.78, 5) is 11.0. The highest BCUT2D eigenvalue weighted by molar-refractivity contribution is 6.29. The molecule has 0 N–H and O–H groups in total. The van der Waals surface area contributed by atoms with Crippen molar-refractivity contribution in [1.29, 1.82) is 0 Å². The Bertz CT molecular complexity index is 525. The van der Waals surface area contributed by atoms with Gasteiger partial charge in [0, 0.05) is 6.42 Å². The van der Waals surface area contributed by atoms with Gasteiger partial charge in [-0.05, 0) is 12.1 Å². The minimum Gasteiger partial charge on any atom is -0.469 e. The number of esters is 1. The van der Waals surface area contributed by atoms with Crippen LogP contribution in [0.3, 0.4) is 0 Å². The number of rotatable bonds is 3. The number of halogens is 1. The zero-order valence-corrected chi connectivity index (χ0v) is 9.31. The summed E-state index contributed by atoms with van der Waals surface area (Å²) in [6.45, 7) is 0. The summed E-state index contributed by atoms with van der Waals surface area (Å²) >= 11 is 5.76. The fourth-order valence-electron chi connectivity index (χ4n) is 1.28. The van der Waals surface area contributed by atoms with Gasteiger partial charge in [-0.25, -0.2) is 0 Å². The molecule has 0 aromatic carbocycles. The molecule has 2 rings (SSSR count). The van der Waals surface area contributed by atoms with Crippen molar-refractivity contribution in [3.8, 4) is 0 Å². The summed E-state index contributed by atoms with van der Waals surface area (Å²) in [5.74, 6) is 0.293. The van der Waals surface area contributed by atoms with Gasteiger partial charge in [-0.1, -0.05) is 11.6 Å². The highest BCUT2D eigenvalue weighted by Gasteiger charge is 2.09. The lowest BCUT2D eigenvalue weighted by Crippen LogP contribution is -2.05. The molecule has 0 saturated carbocycles. The minimum absolute atomic E-state index is 0.242. The molecule has 0 atom stereocenters. The molecule has 0 amide bonds. The second kappa shape index (κ2) is 4.44. The van der Waals surface area contributed by atoms with Gasteiger partial charge in [0.2, 0.25) is 0 Å². The maximum absolute atomic E-state index is 11.0. The monoisotopic (exact) mass is 240 g/mol. The number of hydrogen-bond donors (Lipinski definition) is 0. The Morgan fingerprint density at radius 3 is 3.06 bits per heavy atom. The molecular weight excluding hydrogens is 232 g/mol. The lowest BCUT2D eigenvalue weighted by Gasteiger charge is -1.98. The number of hydrogen-bond acceptors (Lipinski definition) is 5. The molecule has 7 heteroatoms. The van der Waals surface area contributed by atoms with Crippen molar-refractivity contribution in [2.45, 2.75) is 12.8 Å². The Morgan fingerprint density at radius 1 is 1.50 bits per heavy atom. The first-order valence-electron chi connectivity index (χ1n) is 4.64. The Balaban J connectivity index is 2.24. The predicted molar refractivity (Wildman–Crippen MR) is 56.1 cm³/mol. The molecule has 0 radical (unpaired) electrons. The van der Waals surface area contributed by atoms with Crippen molar-refractivity contribution >= 4 is 23.2 Å². The highest BCUT2D eigenvalue weighted by atomic mass is 35.5. The molecule has 2 heterocycles. The molecule has 0 fully saturated rings. The Labute approximate surface area is 96.2 Å². The summed E-state index contributed by atoms with van der Waals surface area (Å²) in [6, 6.07) is 3.35. The van der Waals surface area contributed by atoms with Gasteiger partial charge in [0.25, 0.3) is 0 Å². The van der Waals surface area contributed by atoms with Crippen LogP contribution < -0.4 is 0 Å². The van der Waals surface area contributed by atoms with Crippen molar-refractivity contribution in [2.75, 3.05) is 7.11 Å². The Hall–Kier alpha value is -1.69. The largest absolute Gasteiger partial charge is 0.469 e. The first-order valence-corrected chi connectivity index (χ1v) is 5.02. The summed E-state index contributed by atoms with van der Waals surface area (Å²) in [5, 5.41) is 12.2. The van der Waals surface area contributed by atoms with E-state index >= 15 is 0 Å². The SMILES string of the molecule is COC(=O)CCc1nnc2ccc(Cl)nn12. The molecule has 0 aliphatic carbocycles. The summed E-state index contributed by atoms with van der Waals surface area (Å²) in [5.41, 5.74) is 0.601. The second-order valence-electron chi connectivity index (χ2n) is 3.12. The molecule has 0 bridgehead atoms. The summed E-state index contributed by atoms with van der Waals surface area (Å²) < 4.78 is 6.06. The summed E-state index contributed by atoms with van der Waals surface area (Å²) in [7, 11) is 1.35. The van der Waals surface area contributed by atoms with Gasteiger partial charge in [0.05, 0.1) is 13.5 Å². The molecule has 0 saturated heterocycles. The minimum atomic E-state index is -0.293. The quantitative estimate of drug-likeness (QED) is 0.745. The van der Waals surface area contributed by atoms with Crippen molar-refractivity contribution in [3.63, 3.8) is 0 Å². The number of nitrogens with zero attached hydrogens (tertiary/aromatic N) is 4. The number of carbonyl (C=O) groups is 1. The van der Waals surface area contributed by atoms with E-state index in [1.165, 1.54) is 11.6 Å². The molecule has 0 unspecified atom stereocenters. The number of carbonyl (C=O) groups excluding carboxylic acids is 1. The molecular formula is C9H9ClN4O2. The molecule has 2 aromatic rings. The third-order valence-corrected chi connectivity index (χ3v) is 2.28. The van der Waals surface area contributed by atoms with Crippen LogP contribution in [0.2, 0.25) is 5.15 Å². The third-order valence-electron chi connectivity index (χ3n) is 2.08. The van der Waals surface area contributed by atoms with Gasteiger partial charge in [-0.2, -0.15) is 9.61 Å². The maximum atomic E-state index is 11.0. The number of aromatic nitrogens is 4. The average molecular weight is 241 g/mol. The normalized spacial score (nSPS) is 10.6. The van der Waals surface area contributed by atoms with Gasteiger partial charge < -0.3 is 4.74 Å². The van der Waals surface area contributed by atoms with Crippen molar-refractivity contribution < 1.29 is 9.53 Å². The molecule has 0 aliphatic heterocycles. The zero-order chi connectivity index (χ0) is 11.5. The summed E-state index contributed by atoms with van der Waals surface area (Å²) in [6.07, 6.45) is 0.659. The van der Waals surface area contributed by atoms with E-state index in [4.69, 9.17) is 11.6 Å². The molecule has 0 spiro atoms. The van der Waals surface area contributed by atoms with E-state index < -0.39 is 0 Å². The maximum Gasteiger partial charge on any atom is 0.305 e. The van der Waals surface area contributed by atoms with E-state index in [1.807, 2.05) is 0 Å². The van der Waals surface area contributed by atoms with Crippen LogP contribution in [0, 0.1) is 0 Å². The molecule has 84 valence electrons. The first-order chi connectivity index (χ1) is 7.70. The van der Waals surface area contributed by atoms with Gasteiger partial charge in [-0.15, -0.1) is 10.2 Å². The third kappa shape index (κ3) is 2.11. The van der Waals surface area contributed by atoms with Gasteiger partial charge in [0.15, 0.2) is 11.5 Å². The van der Waals surface area contributed by atoms with E-state index in [1.54, 1.807) is 12.1 Å². The standard InChI is InChI=1S/C9H9ClN4O2/c1-16-9(15)5-4-8-12-11-7-3-2-6(10)13-14(7)8/h2-3H,4-5H2,1H3. The van der Waals surface area contributed by atoms with E-state index in [2.05, 4.69) is 20.0 Å². The average Bonchev–Trinajstić information content (AvgIpc) is 2.68. The van der Waals surface area contributed by atoms with Crippen molar-refractivity contribution in [3.05, 3.63) is 23.1 Å². The zero-order valence-electron chi connectivity index (χ0n) is 8.55. The van der Waals surface area contributed by atoms with Gasteiger partial charge >= 0.3 is 5.97 Å². The first kappa shape index (κ1) is 10.8. The van der Waals surface area contributed by atoms with Crippen LogP contribution in [0.25, 0.3) is 5.65 Å². The van der Waals surface area contributed by atoms with E-state index in [9.17, 15) is 4.79 Å². The van der Waals surface area contributed by atoms with E-state index in [-0.39, 0.29) is 12.4 Å². The van der Waals surface area contributed by atoms with Crippen LogP contribution in [0.5, 0.6) is 0 Å². The highest BCUT2D eigenvalue weighted by Crippen LogP contribution is 2.08. The van der Waals surface area contributed by atoms with Crippen LogP contribution in [0.4, 0.5) is 0 Å². The van der Waals surface area contributed by atoms with Crippen LogP contribution in [-0.4, -0.2) is 32.9 Å². The van der Waals surface area contributed by atoms with E-state index in [0.717, 1.165) is 0 Å². The van der Waals surface area contributed by atoms with Crippen molar-refractivity contribution in [2.24, 2.45) is 0 Å². The van der Waals surface area contributed by atoms with Crippen LogP contribution >= 0.6 is 11.6 Å². The second-order valence-corrected chi connectivity index (χ2v) is 3.51.